The summed E-state index contributed by atoms with van der Waals surface area (Å²) in [5, 5.41) is 11.2. The van der Waals surface area contributed by atoms with Crippen molar-refractivity contribution in [2.45, 2.75) is 25.0 Å². The number of rotatable bonds is 7. The second kappa shape index (κ2) is 8.91. The number of benzene rings is 1. The Hall–Kier alpha value is -2.82. The molecule has 0 amide bonds. The Morgan fingerprint density at radius 1 is 1.21 bits per heavy atom. The van der Waals surface area contributed by atoms with Crippen molar-refractivity contribution in [1.82, 2.24) is 14.9 Å². The summed E-state index contributed by atoms with van der Waals surface area (Å²) in [6.07, 6.45) is 7.98. The van der Waals surface area contributed by atoms with Gasteiger partial charge in [-0.3, -0.25) is 4.90 Å². The number of para-hydroxylation sites is 1. The maximum Gasteiger partial charge on any atom is 0.319 e. The topological polar surface area (TPSA) is 76.9 Å². The van der Waals surface area contributed by atoms with Crippen LogP contribution in [0.15, 0.2) is 30.5 Å². The molecule has 0 unspecified atom stereocenters. The highest BCUT2D eigenvalue weighted by Crippen LogP contribution is 2.38. The van der Waals surface area contributed by atoms with Gasteiger partial charge in [0.25, 0.3) is 0 Å². The SMILES string of the molecule is C#CCOc1ccccc1CN1CCC(O)(c2cnc(OC)nc2OC)CC1. The number of likely N-dealkylation sites (tertiary alicyclic amines) is 1. The third-order valence-corrected chi connectivity index (χ3v) is 4.97. The maximum absolute atomic E-state index is 11.2. The zero-order valence-electron chi connectivity index (χ0n) is 16.2. The Bertz CT molecular complexity index is 842. The fourth-order valence-corrected chi connectivity index (χ4v) is 3.41. The van der Waals surface area contributed by atoms with Crippen molar-refractivity contribution in [2.24, 2.45) is 0 Å². The molecule has 1 aliphatic heterocycles. The van der Waals surface area contributed by atoms with Gasteiger partial charge in [0.2, 0.25) is 5.88 Å². The number of terminal acetylenes is 1. The molecule has 0 spiro atoms. The molecule has 1 N–H and O–H groups in total. The summed E-state index contributed by atoms with van der Waals surface area (Å²) in [5.41, 5.74) is 0.634. The van der Waals surface area contributed by atoms with Crippen LogP contribution in [0.25, 0.3) is 0 Å². The number of methoxy groups -OCH3 is 2. The van der Waals surface area contributed by atoms with Crippen molar-refractivity contribution in [1.29, 1.82) is 0 Å². The van der Waals surface area contributed by atoms with Crippen LogP contribution >= 0.6 is 0 Å². The average Bonchev–Trinajstić information content (AvgIpc) is 2.74. The van der Waals surface area contributed by atoms with Crippen LogP contribution < -0.4 is 14.2 Å². The molecule has 2 aromatic rings. The van der Waals surface area contributed by atoms with Crippen LogP contribution in [-0.4, -0.2) is 53.9 Å². The molecule has 0 saturated carbocycles. The zero-order valence-corrected chi connectivity index (χ0v) is 16.2. The lowest BCUT2D eigenvalue weighted by atomic mass is 9.85. The molecule has 0 bridgehead atoms. The molecule has 7 nitrogen and oxygen atoms in total. The first-order chi connectivity index (χ1) is 13.6. The molecular weight excluding hydrogens is 358 g/mol. The summed E-state index contributed by atoms with van der Waals surface area (Å²) < 4.78 is 16.0. The van der Waals surface area contributed by atoms with Crippen molar-refractivity contribution < 1.29 is 19.3 Å². The Morgan fingerprint density at radius 2 is 1.96 bits per heavy atom. The van der Waals surface area contributed by atoms with Gasteiger partial charge in [0, 0.05) is 31.4 Å². The Kier molecular flexibility index (Phi) is 6.34. The van der Waals surface area contributed by atoms with Crippen molar-refractivity contribution in [3.63, 3.8) is 0 Å². The van der Waals surface area contributed by atoms with E-state index in [-0.39, 0.29) is 12.6 Å². The number of aromatic nitrogens is 2. The van der Waals surface area contributed by atoms with Crippen LogP contribution in [0.3, 0.4) is 0 Å². The average molecular weight is 383 g/mol. The zero-order chi connectivity index (χ0) is 20.0. The summed E-state index contributed by atoms with van der Waals surface area (Å²) >= 11 is 0. The highest BCUT2D eigenvalue weighted by atomic mass is 16.5. The second-order valence-corrected chi connectivity index (χ2v) is 6.69. The molecule has 7 heteroatoms. The van der Waals surface area contributed by atoms with Crippen molar-refractivity contribution >= 4 is 0 Å². The second-order valence-electron chi connectivity index (χ2n) is 6.69. The van der Waals surface area contributed by atoms with Crippen LogP contribution in [0.4, 0.5) is 0 Å². The lowest BCUT2D eigenvalue weighted by Gasteiger charge is -2.38. The maximum atomic E-state index is 11.2. The normalized spacial score (nSPS) is 16.2. The van der Waals surface area contributed by atoms with Gasteiger partial charge in [0.15, 0.2) is 0 Å². The molecule has 0 aliphatic carbocycles. The summed E-state index contributed by atoms with van der Waals surface area (Å²) in [6, 6.07) is 8.09. The van der Waals surface area contributed by atoms with Crippen molar-refractivity contribution in [3.05, 3.63) is 41.6 Å². The smallest absolute Gasteiger partial charge is 0.319 e. The Labute approximate surface area is 165 Å². The monoisotopic (exact) mass is 383 g/mol. The van der Waals surface area contributed by atoms with Gasteiger partial charge in [-0.1, -0.05) is 24.1 Å². The first kappa shape index (κ1) is 19.9. The minimum absolute atomic E-state index is 0.213. The van der Waals surface area contributed by atoms with E-state index in [1.807, 2.05) is 24.3 Å². The van der Waals surface area contributed by atoms with Crippen LogP contribution in [0.5, 0.6) is 17.6 Å². The largest absolute Gasteiger partial charge is 0.481 e. The number of ether oxygens (including phenoxy) is 3. The van der Waals surface area contributed by atoms with Crippen LogP contribution in [0.2, 0.25) is 0 Å². The van der Waals surface area contributed by atoms with Crippen molar-refractivity contribution in [2.75, 3.05) is 33.9 Å². The van der Waals surface area contributed by atoms with Gasteiger partial charge >= 0.3 is 6.01 Å². The third kappa shape index (κ3) is 4.35. The van der Waals surface area contributed by atoms with E-state index in [0.29, 0.717) is 24.3 Å². The lowest BCUT2D eigenvalue weighted by Crippen LogP contribution is -2.42. The van der Waals surface area contributed by atoms with E-state index in [1.54, 1.807) is 6.20 Å². The molecule has 2 heterocycles. The molecule has 1 fully saturated rings. The van der Waals surface area contributed by atoms with E-state index in [4.69, 9.17) is 20.6 Å². The fraction of sp³-hybridized carbons (Fsp3) is 0.429. The number of hydrogen-bond donors (Lipinski definition) is 1. The molecule has 1 saturated heterocycles. The third-order valence-electron chi connectivity index (χ3n) is 4.97. The molecule has 0 atom stereocenters. The summed E-state index contributed by atoms with van der Waals surface area (Å²) in [5.74, 6) is 3.63. The molecule has 1 aromatic carbocycles. The van der Waals surface area contributed by atoms with Gasteiger partial charge in [-0.05, 0) is 18.9 Å². The van der Waals surface area contributed by atoms with E-state index in [9.17, 15) is 5.11 Å². The molecule has 0 radical (unpaired) electrons. The molecule has 1 aromatic heterocycles. The molecular formula is C21H25N3O4. The van der Waals surface area contributed by atoms with Gasteiger partial charge in [0.1, 0.15) is 12.4 Å². The highest BCUT2D eigenvalue weighted by Gasteiger charge is 2.37. The first-order valence-electron chi connectivity index (χ1n) is 9.14. The van der Waals surface area contributed by atoms with Gasteiger partial charge in [-0.25, -0.2) is 4.98 Å². The number of nitrogens with zero attached hydrogens (tertiary/aromatic N) is 3. The summed E-state index contributed by atoms with van der Waals surface area (Å²) in [4.78, 5) is 10.6. The predicted molar refractivity (Wildman–Crippen MR) is 104 cm³/mol. The van der Waals surface area contributed by atoms with E-state index in [2.05, 4.69) is 20.8 Å². The van der Waals surface area contributed by atoms with Gasteiger partial charge in [-0.2, -0.15) is 4.98 Å². The number of piperidine rings is 1. The summed E-state index contributed by atoms with van der Waals surface area (Å²) in [7, 11) is 3.02. The number of aliphatic hydroxyl groups is 1. The van der Waals surface area contributed by atoms with Crippen LogP contribution in [-0.2, 0) is 12.1 Å². The fourth-order valence-electron chi connectivity index (χ4n) is 3.41. The van der Waals surface area contributed by atoms with E-state index < -0.39 is 5.60 Å². The van der Waals surface area contributed by atoms with Crippen LogP contribution in [0, 0.1) is 12.3 Å². The van der Waals surface area contributed by atoms with Crippen molar-refractivity contribution in [3.8, 4) is 30.0 Å². The van der Waals surface area contributed by atoms with Crippen LogP contribution in [0.1, 0.15) is 24.0 Å². The quantitative estimate of drug-likeness (QED) is 0.733. The minimum atomic E-state index is -1.03. The summed E-state index contributed by atoms with van der Waals surface area (Å²) in [6.45, 7) is 2.41. The van der Waals surface area contributed by atoms with Gasteiger partial charge in [0.05, 0.1) is 25.4 Å². The standard InChI is InChI=1S/C21H25N3O4/c1-4-13-28-18-8-6-5-7-16(18)15-24-11-9-21(25,10-12-24)17-14-22-20(27-3)23-19(17)26-2/h1,5-8,14,25H,9-13,15H2,2-3H3. The van der Waals surface area contributed by atoms with Gasteiger partial charge < -0.3 is 19.3 Å². The molecule has 28 heavy (non-hydrogen) atoms. The minimum Gasteiger partial charge on any atom is -0.481 e. The van der Waals surface area contributed by atoms with E-state index in [1.165, 1.54) is 14.2 Å². The van der Waals surface area contributed by atoms with E-state index in [0.717, 1.165) is 30.9 Å². The Balaban J connectivity index is 1.69. The molecule has 3 rings (SSSR count). The lowest BCUT2D eigenvalue weighted by molar-refractivity contribution is -0.0301. The predicted octanol–water partition coefficient (Wildman–Crippen LogP) is 1.99. The highest BCUT2D eigenvalue weighted by molar-refractivity contribution is 5.34. The molecule has 148 valence electrons. The number of hydrogen-bond acceptors (Lipinski definition) is 7. The first-order valence-corrected chi connectivity index (χ1v) is 9.14. The molecule has 1 aliphatic rings. The van der Waals surface area contributed by atoms with E-state index >= 15 is 0 Å². The van der Waals surface area contributed by atoms with Gasteiger partial charge in [-0.15, -0.1) is 6.42 Å². The Morgan fingerprint density at radius 3 is 2.64 bits per heavy atom.